The number of hydrogen-bond donors (Lipinski definition) is 3. The van der Waals surface area contributed by atoms with Crippen LogP contribution in [0, 0.1) is 0 Å². The molecule has 0 radical (unpaired) electrons. The number of nitrogens with one attached hydrogen (secondary N) is 3. The average Bonchev–Trinajstić information content (AvgIpc) is 2.70. The summed E-state index contributed by atoms with van der Waals surface area (Å²) in [5, 5.41) is 6.26. The maximum absolute atomic E-state index is 12.4. The lowest BCUT2D eigenvalue weighted by molar-refractivity contribution is 0.592. The van der Waals surface area contributed by atoms with Crippen molar-refractivity contribution in [2.75, 3.05) is 15.4 Å². The maximum atomic E-state index is 12.4. The molecule has 3 N–H and O–H groups in total. The predicted molar refractivity (Wildman–Crippen MR) is 122 cm³/mol. The molecule has 6 bridgehead atoms. The van der Waals surface area contributed by atoms with E-state index in [2.05, 4.69) is 25.3 Å². The Morgan fingerprint density at radius 2 is 1.87 bits per heavy atom. The molecular formula is C21H22ClN5O2S. The van der Waals surface area contributed by atoms with Gasteiger partial charge in [0, 0.05) is 11.4 Å². The van der Waals surface area contributed by atoms with Crippen LogP contribution in [0.4, 0.5) is 28.8 Å². The molecule has 0 spiro atoms. The van der Waals surface area contributed by atoms with E-state index in [1.807, 2.05) is 30.3 Å². The van der Waals surface area contributed by atoms with E-state index >= 15 is 0 Å². The van der Waals surface area contributed by atoms with Gasteiger partial charge in [-0.2, -0.15) is 4.98 Å². The molecule has 0 fully saturated rings. The van der Waals surface area contributed by atoms with Gasteiger partial charge < -0.3 is 10.6 Å². The van der Waals surface area contributed by atoms with Gasteiger partial charge in [0.2, 0.25) is 16.0 Å². The lowest BCUT2D eigenvalue weighted by Gasteiger charge is -2.16. The molecule has 0 unspecified atom stereocenters. The normalized spacial score (nSPS) is 13.3. The Morgan fingerprint density at radius 3 is 2.67 bits per heavy atom. The molecular weight excluding hydrogens is 422 g/mol. The summed E-state index contributed by atoms with van der Waals surface area (Å²) in [6.07, 6.45) is 2.94. The number of anilines is 5. The summed E-state index contributed by atoms with van der Waals surface area (Å²) in [5.74, 6) is 0.894. The number of hydrogen-bond acceptors (Lipinski definition) is 6. The molecule has 1 aliphatic rings. The molecule has 0 saturated heterocycles. The number of nitrogens with zero attached hydrogens (tertiary/aromatic N) is 2. The highest BCUT2D eigenvalue weighted by Crippen LogP contribution is 2.30. The van der Waals surface area contributed by atoms with Crippen molar-refractivity contribution in [1.29, 1.82) is 0 Å². The van der Waals surface area contributed by atoms with E-state index in [-0.39, 0.29) is 0 Å². The minimum absolute atomic E-state index is 0.385. The Kier molecular flexibility index (Phi) is 5.53. The van der Waals surface area contributed by atoms with Crippen LogP contribution in [0.1, 0.15) is 25.0 Å². The minimum atomic E-state index is -3.46. The SMILES string of the molecule is CC(C)S(=O)(=O)Nc1ccc2cc1CCc1cccc(c1)Nc1ncc(Cl)c(n1)N2. The van der Waals surface area contributed by atoms with E-state index in [0.717, 1.165) is 28.9 Å². The second kappa shape index (κ2) is 8.12. The number of sulfonamides is 1. The third kappa shape index (κ3) is 4.49. The fraction of sp³-hybridized carbons (Fsp3) is 0.238. The maximum Gasteiger partial charge on any atom is 0.235 e. The monoisotopic (exact) mass is 443 g/mol. The van der Waals surface area contributed by atoms with E-state index in [9.17, 15) is 8.42 Å². The number of rotatable bonds is 3. The molecule has 156 valence electrons. The number of aromatic nitrogens is 2. The molecule has 0 amide bonds. The van der Waals surface area contributed by atoms with Crippen molar-refractivity contribution in [2.24, 2.45) is 0 Å². The zero-order valence-electron chi connectivity index (χ0n) is 16.6. The van der Waals surface area contributed by atoms with Crippen molar-refractivity contribution in [2.45, 2.75) is 31.9 Å². The van der Waals surface area contributed by atoms with Crippen LogP contribution in [0.15, 0.2) is 48.7 Å². The van der Waals surface area contributed by atoms with Crippen molar-refractivity contribution in [3.05, 3.63) is 64.8 Å². The van der Waals surface area contributed by atoms with Gasteiger partial charge in [0.15, 0.2) is 5.82 Å². The highest BCUT2D eigenvalue weighted by atomic mass is 35.5. The van der Waals surface area contributed by atoms with Gasteiger partial charge in [-0.1, -0.05) is 23.7 Å². The summed E-state index contributed by atoms with van der Waals surface area (Å²) < 4.78 is 27.6. The second-order valence-corrected chi connectivity index (χ2v) is 10.1. The number of benzene rings is 2. The first-order valence-electron chi connectivity index (χ1n) is 9.60. The highest BCUT2D eigenvalue weighted by Gasteiger charge is 2.18. The van der Waals surface area contributed by atoms with Crippen molar-refractivity contribution >= 4 is 50.5 Å². The summed E-state index contributed by atoms with van der Waals surface area (Å²) in [5.41, 5.74) is 4.20. The molecule has 1 aliphatic heterocycles. The van der Waals surface area contributed by atoms with E-state index < -0.39 is 15.3 Å². The Labute approximate surface area is 181 Å². The van der Waals surface area contributed by atoms with Crippen molar-refractivity contribution in [1.82, 2.24) is 9.97 Å². The van der Waals surface area contributed by atoms with Gasteiger partial charge in [0.25, 0.3) is 0 Å². The predicted octanol–water partition coefficient (Wildman–Crippen LogP) is 4.87. The lowest BCUT2D eigenvalue weighted by atomic mass is 10.0. The Balaban J connectivity index is 1.79. The van der Waals surface area contributed by atoms with E-state index in [4.69, 9.17) is 11.6 Å². The minimum Gasteiger partial charge on any atom is -0.339 e. The van der Waals surface area contributed by atoms with Crippen molar-refractivity contribution in [3.8, 4) is 0 Å². The molecule has 4 rings (SSSR count). The number of fused-ring (bicyclic) bond motifs is 6. The van der Waals surface area contributed by atoms with Crippen LogP contribution >= 0.6 is 11.6 Å². The van der Waals surface area contributed by atoms with E-state index in [1.54, 1.807) is 26.0 Å². The smallest absolute Gasteiger partial charge is 0.235 e. The Bertz CT molecular complexity index is 1200. The summed E-state index contributed by atoms with van der Waals surface area (Å²) in [6, 6.07) is 13.5. The zero-order chi connectivity index (χ0) is 21.3. The molecule has 1 aromatic heterocycles. The summed E-state index contributed by atoms with van der Waals surface area (Å²) in [7, 11) is -3.46. The molecule has 2 heterocycles. The summed E-state index contributed by atoms with van der Waals surface area (Å²) in [6.45, 7) is 3.31. The van der Waals surface area contributed by atoms with E-state index in [0.29, 0.717) is 28.9 Å². The summed E-state index contributed by atoms with van der Waals surface area (Å²) in [4.78, 5) is 8.72. The first-order chi connectivity index (χ1) is 14.3. The molecule has 0 aliphatic carbocycles. The van der Waals surface area contributed by atoms with Crippen LogP contribution in [-0.2, 0) is 22.9 Å². The topological polar surface area (TPSA) is 96.0 Å². The Hall–Kier alpha value is -2.84. The lowest BCUT2D eigenvalue weighted by Crippen LogP contribution is -2.23. The van der Waals surface area contributed by atoms with Crippen molar-refractivity contribution < 1.29 is 8.42 Å². The first kappa shape index (κ1) is 20.4. The van der Waals surface area contributed by atoms with Crippen molar-refractivity contribution in [3.63, 3.8) is 0 Å². The van der Waals surface area contributed by atoms with Crippen LogP contribution < -0.4 is 15.4 Å². The van der Waals surface area contributed by atoms with Crippen LogP contribution in [0.25, 0.3) is 0 Å². The fourth-order valence-electron chi connectivity index (χ4n) is 3.11. The third-order valence-corrected chi connectivity index (χ3v) is 6.87. The van der Waals surface area contributed by atoms with Gasteiger partial charge in [0.05, 0.1) is 17.1 Å². The van der Waals surface area contributed by atoms with Gasteiger partial charge in [-0.15, -0.1) is 0 Å². The largest absolute Gasteiger partial charge is 0.339 e. The molecule has 0 saturated carbocycles. The Morgan fingerprint density at radius 1 is 1.07 bits per heavy atom. The highest BCUT2D eigenvalue weighted by molar-refractivity contribution is 7.93. The van der Waals surface area contributed by atoms with Gasteiger partial charge >= 0.3 is 0 Å². The quantitative estimate of drug-likeness (QED) is 0.534. The van der Waals surface area contributed by atoms with Gasteiger partial charge in [-0.25, -0.2) is 13.4 Å². The molecule has 3 aromatic rings. The standard InChI is InChI=1S/C21H22ClN5O2S/c1-13(2)30(28,29)27-19-9-8-17-11-15(19)7-6-14-4-3-5-16(10-14)25-21-23-12-18(22)20(24-17)26-21/h3-5,8-13,27H,6-7H2,1-2H3,(H2,23,24,25,26). The molecule has 9 heteroatoms. The van der Waals surface area contributed by atoms with Crippen LogP contribution in [0.3, 0.4) is 0 Å². The molecule has 2 aromatic carbocycles. The molecule has 7 nitrogen and oxygen atoms in total. The van der Waals surface area contributed by atoms with Gasteiger partial charge in [0.1, 0.15) is 5.02 Å². The number of aryl methyl sites for hydroxylation is 2. The first-order valence-corrected chi connectivity index (χ1v) is 11.5. The zero-order valence-corrected chi connectivity index (χ0v) is 18.2. The third-order valence-electron chi connectivity index (χ3n) is 4.85. The van der Waals surface area contributed by atoms with Crippen LogP contribution in [0.2, 0.25) is 5.02 Å². The van der Waals surface area contributed by atoms with Gasteiger partial charge in [-0.05, 0) is 68.1 Å². The second-order valence-electron chi connectivity index (χ2n) is 7.41. The average molecular weight is 444 g/mol. The van der Waals surface area contributed by atoms with Gasteiger partial charge in [-0.3, -0.25) is 4.72 Å². The fourth-order valence-corrected chi connectivity index (χ4v) is 3.99. The molecule has 30 heavy (non-hydrogen) atoms. The van der Waals surface area contributed by atoms with Crippen LogP contribution in [-0.4, -0.2) is 23.6 Å². The molecule has 0 atom stereocenters. The number of halogens is 1. The van der Waals surface area contributed by atoms with E-state index in [1.165, 1.54) is 6.20 Å². The van der Waals surface area contributed by atoms with Crippen LogP contribution in [0.5, 0.6) is 0 Å². The summed E-state index contributed by atoms with van der Waals surface area (Å²) >= 11 is 6.28.